The third-order valence-electron chi connectivity index (χ3n) is 1.30. The predicted octanol–water partition coefficient (Wildman–Crippen LogP) is 2.05. The lowest BCUT2D eigenvalue weighted by molar-refractivity contribution is -0.141. The number of aldehydes is 1. The monoisotopic (exact) mass is 193 g/mol. The summed E-state index contributed by atoms with van der Waals surface area (Å²) < 4.78 is 48.3. The number of hydrogen-bond donors (Lipinski definition) is 0. The summed E-state index contributed by atoms with van der Waals surface area (Å²) in [5.74, 6) is -1.22. The third-order valence-corrected chi connectivity index (χ3v) is 1.30. The quantitative estimate of drug-likeness (QED) is 0.504. The second kappa shape index (κ2) is 3.12. The molecule has 0 N–H and O–H groups in total. The maximum absolute atomic E-state index is 12.6. The first-order chi connectivity index (χ1) is 5.95. The van der Waals surface area contributed by atoms with Crippen molar-refractivity contribution < 1.29 is 22.4 Å². The molecule has 0 amide bonds. The van der Waals surface area contributed by atoms with Crippen LogP contribution in [-0.4, -0.2) is 11.3 Å². The smallest absolute Gasteiger partial charge is 0.298 e. The van der Waals surface area contributed by atoms with Crippen LogP contribution in [0, 0.1) is 5.82 Å². The van der Waals surface area contributed by atoms with E-state index in [-0.39, 0.29) is 12.4 Å². The van der Waals surface area contributed by atoms with E-state index in [0.717, 1.165) is 0 Å². The summed E-state index contributed by atoms with van der Waals surface area (Å²) in [5.41, 5.74) is -1.84. The molecule has 0 saturated heterocycles. The van der Waals surface area contributed by atoms with Crippen LogP contribution in [-0.2, 0) is 6.18 Å². The van der Waals surface area contributed by atoms with Gasteiger partial charge in [0.05, 0.1) is 5.56 Å². The Morgan fingerprint density at radius 2 is 2.00 bits per heavy atom. The first-order valence-electron chi connectivity index (χ1n) is 3.13. The van der Waals surface area contributed by atoms with E-state index in [1.807, 2.05) is 0 Å². The number of rotatable bonds is 1. The van der Waals surface area contributed by atoms with Gasteiger partial charge in [0.1, 0.15) is 11.5 Å². The molecule has 0 atom stereocenters. The van der Waals surface area contributed by atoms with Crippen LogP contribution < -0.4 is 0 Å². The summed E-state index contributed by atoms with van der Waals surface area (Å²) in [7, 11) is 0. The minimum atomic E-state index is -4.69. The zero-order chi connectivity index (χ0) is 10.1. The van der Waals surface area contributed by atoms with Gasteiger partial charge in [0.2, 0.25) is 0 Å². The minimum Gasteiger partial charge on any atom is -0.298 e. The lowest BCUT2D eigenvalue weighted by atomic mass is 10.2. The summed E-state index contributed by atoms with van der Waals surface area (Å²) >= 11 is 0. The number of halogens is 4. The molecule has 13 heavy (non-hydrogen) atoms. The summed E-state index contributed by atoms with van der Waals surface area (Å²) in [5, 5.41) is 0. The van der Waals surface area contributed by atoms with Crippen LogP contribution in [0.4, 0.5) is 17.6 Å². The molecule has 0 aromatic carbocycles. The molecule has 0 bridgehead atoms. The predicted molar refractivity (Wildman–Crippen MR) is 34.6 cm³/mol. The molecule has 0 saturated carbocycles. The largest absolute Gasteiger partial charge is 0.433 e. The Morgan fingerprint density at radius 3 is 2.38 bits per heavy atom. The first-order valence-corrected chi connectivity index (χ1v) is 3.13. The molecule has 6 heteroatoms. The Balaban J connectivity index is 3.17. The highest BCUT2D eigenvalue weighted by Crippen LogP contribution is 2.27. The molecular formula is C7H3F4NO. The van der Waals surface area contributed by atoms with Crippen LogP contribution in [0.5, 0.6) is 0 Å². The molecule has 0 fully saturated rings. The molecule has 70 valence electrons. The van der Waals surface area contributed by atoms with E-state index in [0.29, 0.717) is 6.20 Å². The van der Waals surface area contributed by atoms with Gasteiger partial charge in [-0.2, -0.15) is 13.2 Å². The second-order valence-electron chi connectivity index (χ2n) is 2.21. The molecule has 0 radical (unpaired) electrons. The maximum atomic E-state index is 12.6. The second-order valence-corrected chi connectivity index (χ2v) is 2.21. The first kappa shape index (κ1) is 9.63. The number of hydrogen-bond acceptors (Lipinski definition) is 2. The Morgan fingerprint density at radius 1 is 1.38 bits per heavy atom. The molecule has 0 aliphatic carbocycles. The van der Waals surface area contributed by atoms with Crippen LogP contribution in [0.25, 0.3) is 0 Å². The van der Waals surface area contributed by atoms with Crippen molar-refractivity contribution in [2.75, 3.05) is 0 Å². The van der Waals surface area contributed by atoms with Gasteiger partial charge in [-0.05, 0) is 0 Å². The highest BCUT2D eigenvalue weighted by molar-refractivity contribution is 5.74. The van der Waals surface area contributed by atoms with Crippen LogP contribution in [0.15, 0.2) is 12.3 Å². The Bertz CT molecular complexity index is 334. The highest BCUT2D eigenvalue weighted by atomic mass is 19.4. The van der Waals surface area contributed by atoms with E-state index in [4.69, 9.17) is 0 Å². The van der Waals surface area contributed by atoms with Crippen molar-refractivity contribution in [1.29, 1.82) is 0 Å². The van der Waals surface area contributed by atoms with Gasteiger partial charge >= 0.3 is 6.18 Å². The van der Waals surface area contributed by atoms with Gasteiger partial charge in [0.15, 0.2) is 6.29 Å². The average molecular weight is 193 g/mol. The number of pyridine rings is 1. The summed E-state index contributed by atoms with van der Waals surface area (Å²) in [6.07, 6.45) is -4.05. The molecule has 0 aliphatic rings. The van der Waals surface area contributed by atoms with E-state index >= 15 is 0 Å². The zero-order valence-electron chi connectivity index (χ0n) is 6.10. The lowest BCUT2D eigenvalue weighted by Crippen LogP contribution is -2.09. The van der Waals surface area contributed by atoms with Gasteiger partial charge in [-0.15, -0.1) is 0 Å². The SMILES string of the molecule is O=Cc1cnc(C(F)(F)F)cc1F. The van der Waals surface area contributed by atoms with Crippen molar-refractivity contribution in [3.8, 4) is 0 Å². The van der Waals surface area contributed by atoms with Gasteiger partial charge in [-0.3, -0.25) is 9.78 Å². The van der Waals surface area contributed by atoms with Gasteiger partial charge in [0, 0.05) is 12.3 Å². The van der Waals surface area contributed by atoms with Crippen molar-refractivity contribution in [3.05, 3.63) is 29.3 Å². The molecule has 2 nitrogen and oxygen atoms in total. The number of alkyl halides is 3. The van der Waals surface area contributed by atoms with Crippen molar-refractivity contribution in [1.82, 2.24) is 4.98 Å². The third kappa shape index (κ3) is 2.01. The number of carbonyl (C=O) groups excluding carboxylic acids is 1. The fourth-order valence-electron chi connectivity index (χ4n) is 0.683. The van der Waals surface area contributed by atoms with E-state index in [1.165, 1.54) is 0 Å². The van der Waals surface area contributed by atoms with Crippen molar-refractivity contribution >= 4 is 6.29 Å². The summed E-state index contributed by atoms with van der Waals surface area (Å²) in [6, 6.07) is 0.184. The van der Waals surface area contributed by atoms with E-state index in [9.17, 15) is 22.4 Å². The molecule has 0 unspecified atom stereocenters. The van der Waals surface area contributed by atoms with Crippen molar-refractivity contribution in [2.45, 2.75) is 6.18 Å². The Labute approximate surface area is 70.2 Å². The number of carbonyl (C=O) groups is 1. The summed E-state index contributed by atoms with van der Waals surface area (Å²) in [4.78, 5) is 12.9. The van der Waals surface area contributed by atoms with Crippen molar-refractivity contribution in [3.63, 3.8) is 0 Å². The van der Waals surface area contributed by atoms with E-state index in [2.05, 4.69) is 4.98 Å². The number of aromatic nitrogens is 1. The maximum Gasteiger partial charge on any atom is 0.433 e. The van der Waals surface area contributed by atoms with Crippen molar-refractivity contribution in [2.24, 2.45) is 0 Å². The van der Waals surface area contributed by atoms with Gasteiger partial charge in [-0.25, -0.2) is 4.39 Å². The van der Waals surface area contributed by atoms with Crippen LogP contribution >= 0.6 is 0 Å². The fraction of sp³-hybridized carbons (Fsp3) is 0.143. The summed E-state index contributed by atoms with van der Waals surface area (Å²) in [6.45, 7) is 0. The molecule has 0 aliphatic heterocycles. The van der Waals surface area contributed by atoms with Crippen LogP contribution in [0.1, 0.15) is 16.1 Å². The van der Waals surface area contributed by atoms with Gasteiger partial charge < -0.3 is 0 Å². The molecule has 1 aromatic rings. The normalized spacial score (nSPS) is 11.4. The van der Waals surface area contributed by atoms with Crippen LogP contribution in [0.2, 0.25) is 0 Å². The minimum absolute atomic E-state index is 0.0997. The fourth-order valence-corrected chi connectivity index (χ4v) is 0.683. The topological polar surface area (TPSA) is 30.0 Å². The molecule has 1 aromatic heterocycles. The Kier molecular flexibility index (Phi) is 2.31. The molecular weight excluding hydrogens is 190 g/mol. The van der Waals surface area contributed by atoms with Gasteiger partial charge in [-0.1, -0.05) is 0 Å². The Hall–Kier alpha value is -1.46. The lowest BCUT2D eigenvalue weighted by Gasteiger charge is -2.04. The van der Waals surface area contributed by atoms with Gasteiger partial charge in [0.25, 0.3) is 0 Å². The van der Waals surface area contributed by atoms with Crippen LogP contribution in [0.3, 0.4) is 0 Å². The van der Waals surface area contributed by atoms with E-state index < -0.39 is 23.3 Å². The molecule has 1 heterocycles. The zero-order valence-corrected chi connectivity index (χ0v) is 6.10. The highest BCUT2D eigenvalue weighted by Gasteiger charge is 2.33. The molecule has 0 spiro atoms. The van der Waals surface area contributed by atoms with E-state index in [1.54, 1.807) is 0 Å². The standard InChI is InChI=1S/C7H3F4NO/c8-5-1-6(7(9,10)11)12-2-4(5)3-13/h1-3H. The number of nitrogens with zero attached hydrogens (tertiary/aromatic N) is 1. The molecule has 1 rings (SSSR count). The average Bonchev–Trinajstić information content (AvgIpc) is 2.02.